The summed E-state index contributed by atoms with van der Waals surface area (Å²) in [4.78, 5) is 40.3. The smallest absolute Gasteiger partial charge is 0.352 e. The molecule has 0 N–H and O–H groups in total. The largest absolute Gasteiger partial charge is 0.454 e. The highest BCUT2D eigenvalue weighted by Gasteiger charge is 2.49. The Labute approximate surface area is 179 Å². The van der Waals surface area contributed by atoms with Crippen molar-refractivity contribution in [2.75, 3.05) is 0 Å². The highest BCUT2D eigenvalue weighted by atomic mass is 16.7. The molecule has 3 aliphatic rings. The van der Waals surface area contributed by atoms with Gasteiger partial charge < -0.3 is 9.47 Å². The number of hydrogen-bond acceptors (Lipinski definition) is 5. The Morgan fingerprint density at radius 1 is 0.903 bits per heavy atom. The standard InChI is InChI=1S/C23H27N3O5/c1-14-19-17(20(27)31-23(2,3)30-19)18(15-10-6-4-7-11-15)26-22(29)24(21(28)25(14)26)16-12-8-5-9-13-16/h5,8-9,12-15,18H,4,6-7,10-11H2,1-3H3/t14-,18+/m0/s1. The molecule has 5 rings (SSSR count). The van der Waals surface area contributed by atoms with Gasteiger partial charge in [0.25, 0.3) is 0 Å². The van der Waals surface area contributed by atoms with Gasteiger partial charge in [-0.3, -0.25) is 0 Å². The fourth-order valence-electron chi connectivity index (χ4n) is 5.29. The Balaban J connectivity index is 1.78. The summed E-state index contributed by atoms with van der Waals surface area (Å²) in [5.41, 5.74) is 0.00791. The molecular weight excluding hydrogens is 398 g/mol. The van der Waals surface area contributed by atoms with Crippen molar-refractivity contribution < 1.29 is 14.3 Å². The Bertz CT molecular complexity index is 1180. The predicted molar refractivity (Wildman–Crippen MR) is 113 cm³/mol. The van der Waals surface area contributed by atoms with Crippen molar-refractivity contribution in [3.63, 3.8) is 0 Å². The Morgan fingerprint density at radius 3 is 2.23 bits per heavy atom. The lowest BCUT2D eigenvalue weighted by Gasteiger charge is -2.43. The topological polar surface area (TPSA) is 84.5 Å². The fourth-order valence-corrected chi connectivity index (χ4v) is 5.29. The van der Waals surface area contributed by atoms with Gasteiger partial charge in [-0.15, -0.1) is 0 Å². The molecule has 1 saturated carbocycles. The highest BCUT2D eigenvalue weighted by Crippen LogP contribution is 2.46. The van der Waals surface area contributed by atoms with E-state index in [0.29, 0.717) is 17.0 Å². The van der Waals surface area contributed by atoms with Crippen molar-refractivity contribution >= 4 is 5.97 Å². The fraction of sp³-hybridized carbons (Fsp3) is 0.522. The van der Waals surface area contributed by atoms with Gasteiger partial charge in [0, 0.05) is 13.8 Å². The number of benzene rings is 1. The zero-order valence-corrected chi connectivity index (χ0v) is 18.0. The van der Waals surface area contributed by atoms with Gasteiger partial charge in [-0.1, -0.05) is 37.5 Å². The number of fused-ring (bicyclic) bond motifs is 1. The molecule has 0 amide bonds. The minimum atomic E-state index is -1.13. The van der Waals surface area contributed by atoms with Crippen LogP contribution in [0.3, 0.4) is 0 Å². The van der Waals surface area contributed by atoms with Crippen LogP contribution < -0.4 is 11.4 Å². The molecular formula is C23H27N3O5. The third-order valence-electron chi connectivity index (χ3n) is 6.60. The lowest BCUT2D eigenvalue weighted by Crippen LogP contribution is -2.49. The van der Waals surface area contributed by atoms with Crippen LogP contribution in [-0.2, 0) is 14.3 Å². The summed E-state index contributed by atoms with van der Waals surface area (Å²) in [6, 6.07) is 7.69. The number of hydrogen-bond donors (Lipinski definition) is 0. The molecule has 0 bridgehead atoms. The number of nitrogens with zero attached hydrogens (tertiary/aromatic N) is 3. The number of allylic oxidation sites excluding steroid dienone is 1. The van der Waals surface area contributed by atoms with Crippen LogP contribution in [0.25, 0.3) is 5.69 Å². The average Bonchev–Trinajstić information content (AvgIpc) is 3.00. The number of esters is 1. The van der Waals surface area contributed by atoms with Crippen LogP contribution in [-0.4, -0.2) is 25.7 Å². The molecule has 0 unspecified atom stereocenters. The van der Waals surface area contributed by atoms with E-state index in [-0.39, 0.29) is 5.92 Å². The Hall–Kier alpha value is -3.03. The minimum Gasteiger partial charge on any atom is -0.454 e. The van der Waals surface area contributed by atoms with Gasteiger partial charge in [0.15, 0.2) is 0 Å². The Kier molecular flexibility index (Phi) is 4.50. The number of cyclic esters (lactones) is 1. The molecule has 8 nitrogen and oxygen atoms in total. The summed E-state index contributed by atoms with van der Waals surface area (Å²) in [6.45, 7) is 5.14. The van der Waals surface area contributed by atoms with Crippen LogP contribution in [0.1, 0.15) is 65.0 Å². The summed E-state index contributed by atoms with van der Waals surface area (Å²) < 4.78 is 15.8. The van der Waals surface area contributed by atoms with Crippen molar-refractivity contribution in [2.24, 2.45) is 5.92 Å². The molecule has 1 aliphatic carbocycles. The normalized spacial score (nSPS) is 25.5. The number of rotatable bonds is 2. The molecule has 2 aliphatic heterocycles. The second kappa shape index (κ2) is 7.00. The minimum absolute atomic E-state index is 0.0542. The molecule has 164 valence electrons. The van der Waals surface area contributed by atoms with Crippen molar-refractivity contribution in [3.05, 3.63) is 62.6 Å². The maximum absolute atomic E-state index is 13.6. The molecule has 3 heterocycles. The Morgan fingerprint density at radius 2 is 1.55 bits per heavy atom. The summed E-state index contributed by atoms with van der Waals surface area (Å²) in [5, 5.41) is 0. The van der Waals surface area contributed by atoms with E-state index in [1.165, 1.54) is 13.9 Å². The van der Waals surface area contributed by atoms with Gasteiger partial charge in [-0.25, -0.2) is 28.3 Å². The highest BCUT2D eigenvalue weighted by molar-refractivity contribution is 5.91. The van der Waals surface area contributed by atoms with Crippen molar-refractivity contribution in [3.8, 4) is 5.69 Å². The van der Waals surface area contributed by atoms with E-state index in [1.807, 2.05) is 6.07 Å². The third kappa shape index (κ3) is 2.99. The second-order valence-corrected chi connectivity index (χ2v) is 9.11. The lowest BCUT2D eigenvalue weighted by molar-refractivity contribution is -0.213. The summed E-state index contributed by atoms with van der Waals surface area (Å²) in [5.74, 6) is -1.11. The molecule has 0 saturated heterocycles. The first kappa shape index (κ1) is 19.9. The first-order chi connectivity index (χ1) is 14.8. The second-order valence-electron chi connectivity index (χ2n) is 9.11. The van der Waals surface area contributed by atoms with E-state index in [0.717, 1.165) is 32.1 Å². The van der Waals surface area contributed by atoms with Gasteiger partial charge in [0.2, 0.25) is 5.79 Å². The summed E-state index contributed by atoms with van der Waals surface area (Å²) in [7, 11) is 0. The van der Waals surface area contributed by atoms with Gasteiger partial charge >= 0.3 is 17.3 Å². The lowest BCUT2D eigenvalue weighted by atomic mass is 9.79. The molecule has 2 aromatic rings. The molecule has 31 heavy (non-hydrogen) atoms. The maximum atomic E-state index is 13.6. The summed E-state index contributed by atoms with van der Waals surface area (Å²) >= 11 is 0. The van der Waals surface area contributed by atoms with E-state index < -0.39 is 35.2 Å². The van der Waals surface area contributed by atoms with E-state index in [2.05, 4.69) is 0 Å². The van der Waals surface area contributed by atoms with E-state index in [9.17, 15) is 14.4 Å². The van der Waals surface area contributed by atoms with Gasteiger partial charge in [0.05, 0.1) is 11.7 Å². The molecule has 1 aromatic carbocycles. The van der Waals surface area contributed by atoms with E-state index >= 15 is 0 Å². The van der Waals surface area contributed by atoms with Gasteiger partial charge in [-0.2, -0.15) is 0 Å². The molecule has 0 spiro atoms. The quantitative estimate of drug-likeness (QED) is 0.691. The van der Waals surface area contributed by atoms with Crippen LogP contribution in [0.5, 0.6) is 0 Å². The number of carbonyl (C=O) groups excluding carboxylic acids is 1. The van der Waals surface area contributed by atoms with E-state index in [4.69, 9.17) is 9.47 Å². The summed E-state index contributed by atoms with van der Waals surface area (Å²) in [6.07, 6.45) is 4.94. The molecule has 1 fully saturated rings. The number of para-hydroxylation sites is 1. The number of aromatic nitrogens is 3. The predicted octanol–water partition coefficient (Wildman–Crippen LogP) is 3.06. The van der Waals surface area contributed by atoms with Crippen LogP contribution in [0, 0.1) is 5.92 Å². The zero-order chi connectivity index (χ0) is 21.9. The van der Waals surface area contributed by atoms with Crippen molar-refractivity contribution in [1.29, 1.82) is 0 Å². The maximum Gasteiger partial charge on any atom is 0.352 e. The van der Waals surface area contributed by atoms with E-state index in [1.54, 1.807) is 45.0 Å². The van der Waals surface area contributed by atoms with Gasteiger partial charge in [0.1, 0.15) is 17.4 Å². The average molecular weight is 425 g/mol. The third-order valence-corrected chi connectivity index (χ3v) is 6.60. The SMILES string of the molecule is C[C@H]1C2=C(C(=O)OC(C)(C)O2)[C@@H](C2CCCCC2)n2c(=O)n(-c3ccccc3)c(=O)n21. The molecule has 0 radical (unpaired) electrons. The molecule has 2 atom stereocenters. The van der Waals surface area contributed by atoms with Crippen LogP contribution >= 0.6 is 0 Å². The van der Waals surface area contributed by atoms with Crippen molar-refractivity contribution in [1.82, 2.24) is 13.9 Å². The number of ether oxygens (including phenoxy) is 2. The first-order valence-electron chi connectivity index (χ1n) is 11.0. The van der Waals surface area contributed by atoms with Crippen LogP contribution in [0.2, 0.25) is 0 Å². The van der Waals surface area contributed by atoms with Crippen LogP contribution in [0.4, 0.5) is 0 Å². The van der Waals surface area contributed by atoms with Gasteiger partial charge in [-0.05, 0) is 37.8 Å². The van der Waals surface area contributed by atoms with Crippen LogP contribution in [0.15, 0.2) is 51.3 Å². The zero-order valence-electron chi connectivity index (χ0n) is 18.0. The molecule has 8 heteroatoms. The molecule has 1 aromatic heterocycles. The number of carbonyl (C=O) groups is 1. The first-order valence-corrected chi connectivity index (χ1v) is 11.0. The van der Waals surface area contributed by atoms with Crippen molar-refractivity contribution in [2.45, 2.75) is 70.7 Å². The monoisotopic (exact) mass is 425 g/mol.